The Kier molecular flexibility index (Phi) is 7.76. The molecular weight excluding hydrogens is 424 g/mol. The lowest BCUT2D eigenvalue weighted by atomic mass is 10.1. The Bertz CT molecular complexity index is 1070. The van der Waals surface area contributed by atoms with Crippen molar-refractivity contribution in [3.63, 3.8) is 0 Å². The Hall–Kier alpha value is -3.40. The third-order valence-corrected chi connectivity index (χ3v) is 5.62. The van der Waals surface area contributed by atoms with Gasteiger partial charge in [0.2, 0.25) is 15.9 Å². The zero-order valence-corrected chi connectivity index (χ0v) is 18.4. The molecule has 2 aromatic carbocycles. The molecule has 1 N–H and O–H groups in total. The molecule has 0 heterocycles. The number of nitrogens with one attached hydrogen (secondary N) is 1. The molecule has 0 aliphatic carbocycles. The van der Waals surface area contributed by atoms with E-state index >= 15 is 0 Å². The van der Waals surface area contributed by atoms with Gasteiger partial charge in [0.15, 0.2) is 0 Å². The van der Waals surface area contributed by atoms with Gasteiger partial charge in [-0.25, -0.2) is 18.0 Å². The van der Waals surface area contributed by atoms with Crippen molar-refractivity contribution in [2.24, 2.45) is 0 Å². The second kappa shape index (κ2) is 10.1. The van der Waals surface area contributed by atoms with Crippen LogP contribution in [0, 0.1) is 0 Å². The van der Waals surface area contributed by atoms with Crippen LogP contribution in [0.5, 0.6) is 0 Å². The van der Waals surface area contributed by atoms with Crippen LogP contribution in [0.15, 0.2) is 48.5 Å². The van der Waals surface area contributed by atoms with Gasteiger partial charge in [0.25, 0.3) is 0 Å². The highest BCUT2D eigenvalue weighted by molar-refractivity contribution is 7.92. The first-order chi connectivity index (χ1) is 14.6. The van der Waals surface area contributed by atoms with Gasteiger partial charge in [-0.15, -0.1) is 0 Å². The van der Waals surface area contributed by atoms with Crippen molar-refractivity contribution < 1.29 is 32.3 Å². The lowest BCUT2D eigenvalue weighted by Gasteiger charge is -2.30. The minimum atomic E-state index is -3.82. The van der Waals surface area contributed by atoms with Gasteiger partial charge in [-0.05, 0) is 36.8 Å². The summed E-state index contributed by atoms with van der Waals surface area (Å²) >= 11 is 0. The molecule has 9 nitrogen and oxygen atoms in total. The summed E-state index contributed by atoms with van der Waals surface area (Å²) in [5.74, 6) is -2.08. The third kappa shape index (κ3) is 5.60. The zero-order chi connectivity index (χ0) is 23.2. The van der Waals surface area contributed by atoms with Crippen LogP contribution in [0.2, 0.25) is 0 Å². The Labute approximate surface area is 181 Å². The van der Waals surface area contributed by atoms with Crippen LogP contribution < -0.4 is 9.62 Å². The molecule has 0 aromatic heterocycles. The summed E-state index contributed by atoms with van der Waals surface area (Å²) in [5, 5.41) is 2.56. The Morgan fingerprint density at radius 3 is 2.13 bits per heavy atom. The highest BCUT2D eigenvalue weighted by atomic mass is 32.2. The summed E-state index contributed by atoms with van der Waals surface area (Å²) in [5.41, 5.74) is 0.425. The molecule has 31 heavy (non-hydrogen) atoms. The second-order valence-corrected chi connectivity index (χ2v) is 8.41. The molecule has 10 heteroatoms. The molecule has 0 saturated heterocycles. The molecule has 166 valence electrons. The first-order valence-electron chi connectivity index (χ1n) is 9.30. The smallest absolute Gasteiger partial charge is 0.339 e. The van der Waals surface area contributed by atoms with Crippen molar-refractivity contribution in [3.05, 3.63) is 59.7 Å². The van der Waals surface area contributed by atoms with Crippen LogP contribution in [0.1, 0.15) is 34.1 Å². The molecule has 1 atom stereocenters. The summed E-state index contributed by atoms with van der Waals surface area (Å²) in [7, 11) is -1.44. The minimum absolute atomic E-state index is 0.000266. The Balaban J connectivity index is 2.49. The van der Waals surface area contributed by atoms with Crippen molar-refractivity contribution in [1.82, 2.24) is 0 Å². The monoisotopic (exact) mass is 448 g/mol. The van der Waals surface area contributed by atoms with Crippen molar-refractivity contribution >= 4 is 39.2 Å². The number of methoxy groups -OCH3 is 2. The lowest BCUT2D eigenvalue weighted by Crippen LogP contribution is -2.47. The molecule has 0 spiro atoms. The van der Waals surface area contributed by atoms with Gasteiger partial charge in [-0.2, -0.15) is 0 Å². The van der Waals surface area contributed by atoms with Gasteiger partial charge in [0.1, 0.15) is 6.04 Å². The number of para-hydroxylation sites is 1. The van der Waals surface area contributed by atoms with Gasteiger partial charge >= 0.3 is 11.9 Å². The largest absolute Gasteiger partial charge is 0.465 e. The normalized spacial score (nSPS) is 11.9. The van der Waals surface area contributed by atoms with Crippen molar-refractivity contribution in [2.75, 3.05) is 30.1 Å². The molecule has 2 aromatic rings. The number of carbonyl (C=O) groups excluding carboxylic acids is 3. The van der Waals surface area contributed by atoms with E-state index < -0.39 is 33.9 Å². The Morgan fingerprint density at radius 1 is 1.00 bits per heavy atom. The number of amides is 1. The van der Waals surface area contributed by atoms with E-state index in [9.17, 15) is 22.8 Å². The quantitative estimate of drug-likeness (QED) is 0.616. The number of anilines is 2. The molecule has 0 aliphatic rings. The van der Waals surface area contributed by atoms with Gasteiger partial charge in [-0.1, -0.05) is 25.1 Å². The lowest BCUT2D eigenvalue weighted by molar-refractivity contribution is -0.117. The minimum Gasteiger partial charge on any atom is -0.465 e. The standard InChI is InChI=1S/C21H24N2O7S/c1-5-18(23(31(4,27)28)15-9-7-6-8-10-15)19(24)22-17-13-14(20(25)29-2)11-12-16(17)21(26)30-3/h6-13,18H,5H2,1-4H3,(H,22,24)/t18-/m1/s1. The fourth-order valence-electron chi connectivity index (χ4n) is 3.03. The number of nitrogens with zero attached hydrogens (tertiary/aromatic N) is 1. The zero-order valence-electron chi connectivity index (χ0n) is 17.6. The highest BCUT2D eigenvalue weighted by Gasteiger charge is 2.32. The summed E-state index contributed by atoms with van der Waals surface area (Å²) in [4.78, 5) is 37.1. The molecule has 0 unspecified atom stereocenters. The maximum Gasteiger partial charge on any atom is 0.339 e. The summed E-state index contributed by atoms with van der Waals surface area (Å²) < 4.78 is 35.4. The van der Waals surface area contributed by atoms with Gasteiger partial charge in [-0.3, -0.25) is 9.10 Å². The van der Waals surface area contributed by atoms with Crippen molar-refractivity contribution in [2.45, 2.75) is 19.4 Å². The number of hydrogen-bond acceptors (Lipinski definition) is 7. The second-order valence-electron chi connectivity index (χ2n) is 6.55. The van der Waals surface area contributed by atoms with Gasteiger partial charge in [0.05, 0.1) is 43.0 Å². The van der Waals surface area contributed by atoms with E-state index in [0.29, 0.717) is 5.69 Å². The molecule has 2 rings (SSSR count). The summed E-state index contributed by atoms with van der Waals surface area (Å²) in [6.07, 6.45) is 1.16. The van der Waals surface area contributed by atoms with Gasteiger partial charge in [0, 0.05) is 0 Å². The summed E-state index contributed by atoms with van der Waals surface area (Å²) in [6, 6.07) is 11.1. The molecule has 0 saturated carbocycles. The molecular formula is C21H24N2O7S. The Morgan fingerprint density at radius 2 is 1.61 bits per heavy atom. The molecule has 0 fully saturated rings. The number of ether oxygens (including phenoxy) is 2. The van der Waals surface area contributed by atoms with Crippen LogP contribution >= 0.6 is 0 Å². The number of hydrogen-bond donors (Lipinski definition) is 1. The number of esters is 2. The van der Waals surface area contributed by atoms with Crippen molar-refractivity contribution in [3.8, 4) is 0 Å². The fraction of sp³-hybridized carbons (Fsp3) is 0.286. The van der Waals surface area contributed by atoms with Crippen molar-refractivity contribution in [1.29, 1.82) is 0 Å². The third-order valence-electron chi connectivity index (χ3n) is 4.44. The van der Waals surface area contributed by atoms with E-state index in [1.807, 2.05) is 0 Å². The number of carbonyl (C=O) groups is 3. The maximum atomic E-state index is 13.1. The van der Waals surface area contributed by atoms with E-state index in [1.54, 1.807) is 37.3 Å². The predicted molar refractivity (Wildman–Crippen MR) is 116 cm³/mol. The first-order valence-corrected chi connectivity index (χ1v) is 11.1. The van der Waals surface area contributed by atoms with Crippen LogP contribution in [-0.2, 0) is 24.3 Å². The fourth-order valence-corrected chi connectivity index (χ4v) is 4.24. The molecule has 0 radical (unpaired) electrons. The van der Waals surface area contributed by atoms with Crippen LogP contribution in [0.4, 0.5) is 11.4 Å². The molecule has 1 amide bonds. The topological polar surface area (TPSA) is 119 Å². The van der Waals surface area contributed by atoms with E-state index in [2.05, 4.69) is 10.1 Å². The highest BCUT2D eigenvalue weighted by Crippen LogP contribution is 2.25. The predicted octanol–water partition coefficient (Wildman–Crippen LogP) is 2.44. The SMILES string of the molecule is CC[C@H](C(=O)Nc1cc(C(=O)OC)ccc1C(=O)OC)N(c1ccccc1)S(C)(=O)=O. The number of sulfonamides is 1. The molecule has 0 aliphatic heterocycles. The van der Waals surface area contributed by atoms with Crippen LogP contribution in [0.3, 0.4) is 0 Å². The summed E-state index contributed by atoms with van der Waals surface area (Å²) in [6.45, 7) is 1.66. The van der Waals surface area contributed by atoms with Crippen LogP contribution in [-0.4, -0.2) is 52.8 Å². The van der Waals surface area contributed by atoms with Crippen LogP contribution in [0.25, 0.3) is 0 Å². The van der Waals surface area contributed by atoms with E-state index in [-0.39, 0.29) is 23.2 Å². The average Bonchev–Trinajstić information content (AvgIpc) is 2.75. The maximum absolute atomic E-state index is 13.1. The average molecular weight is 448 g/mol. The van der Waals surface area contributed by atoms with Gasteiger partial charge < -0.3 is 14.8 Å². The first kappa shape index (κ1) is 23.9. The van der Waals surface area contributed by atoms with E-state index in [0.717, 1.165) is 10.6 Å². The number of benzene rings is 2. The number of rotatable bonds is 8. The molecule has 0 bridgehead atoms. The van der Waals surface area contributed by atoms with E-state index in [1.165, 1.54) is 32.4 Å². The van der Waals surface area contributed by atoms with E-state index in [4.69, 9.17) is 4.74 Å².